The SMILES string of the molecule is COc1n[nH]c(NC(=O)c2cc([N+](=O)[O-])ccc2F)n1. The Labute approximate surface area is 110 Å². The van der Waals surface area contributed by atoms with Crippen LogP contribution < -0.4 is 10.1 Å². The predicted octanol–water partition coefficient (Wildman–Crippen LogP) is 1.11. The second kappa shape index (κ2) is 5.30. The van der Waals surface area contributed by atoms with Crippen molar-refractivity contribution >= 4 is 17.5 Å². The van der Waals surface area contributed by atoms with Crippen LogP contribution in [0.25, 0.3) is 0 Å². The van der Waals surface area contributed by atoms with E-state index >= 15 is 0 Å². The standard InChI is InChI=1S/C10H8FN5O4/c1-20-10-13-9(14-15-10)12-8(17)6-4-5(16(18)19)2-3-7(6)11/h2-4H,1H3,(H2,12,13,14,15,17). The number of nitro benzene ring substituents is 1. The number of aromatic nitrogens is 3. The number of benzene rings is 1. The lowest BCUT2D eigenvalue weighted by atomic mass is 10.2. The molecule has 0 unspecified atom stereocenters. The maximum atomic E-state index is 13.5. The molecule has 10 heteroatoms. The van der Waals surface area contributed by atoms with Crippen LogP contribution in [0.2, 0.25) is 0 Å². The number of aromatic amines is 1. The highest BCUT2D eigenvalue weighted by Gasteiger charge is 2.18. The second-order valence-electron chi connectivity index (χ2n) is 3.55. The summed E-state index contributed by atoms with van der Waals surface area (Å²) >= 11 is 0. The van der Waals surface area contributed by atoms with E-state index in [9.17, 15) is 19.3 Å². The number of nitrogens with one attached hydrogen (secondary N) is 2. The van der Waals surface area contributed by atoms with Gasteiger partial charge in [-0.3, -0.25) is 20.2 Å². The molecule has 1 amide bonds. The van der Waals surface area contributed by atoms with Gasteiger partial charge in [0.05, 0.1) is 17.6 Å². The quantitative estimate of drug-likeness (QED) is 0.639. The first-order chi connectivity index (χ1) is 9.51. The van der Waals surface area contributed by atoms with Crippen molar-refractivity contribution in [1.82, 2.24) is 15.2 Å². The summed E-state index contributed by atoms with van der Waals surface area (Å²) in [7, 11) is 1.33. The summed E-state index contributed by atoms with van der Waals surface area (Å²) in [4.78, 5) is 25.4. The van der Waals surface area contributed by atoms with Gasteiger partial charge >= 0.3 is 6.01 Å². The summed E-state index contributed by atoms with van der Waals surface area (Å²) in [5.74, 6) is -1.86. The topological polar surface area (TPSA) is 123 Å². The van der Waals surface area contributed by atoms with Gasteiger partial charge in [-0.25, -0.2) is 9.49 Å². The molecule has 0 atom stereocenters. The second-order valence-corrected chi connectivity index (χ2v) is 3.55. The van der Waals surface area contributed by atoms with Gasteiger partial charge in [-0.05, 0) is 6.07 Å². The fraction of sp³-hybridized carbons (Fsp3) is 0.100. The Morgan fingerprint density at radius 2 is 2.30 bits per heavy atom. The Morgan fingerprint density at radius 1 is 1.55 bits per heavy atom. The number of non-ortho nitro benzene ring substituents is 1. The monoisotopic (exact) mass is 281 g/mol. The maximum Gasteiger partial charge on any atom is 0.336 e. The van der Waals surface area contributed by atoms with E-state index in [4.69, 9.17) is 0 Å². The fourth-order valence-electron chi connectivity index (χ4n) is 1.37. The first kappa shape index (κ1) is 13.4. The third kappa shape index (κ3) is 2.68. The van der Waals surface area contributed by atoms with Gasteiger partial charge in [-0.2, -0.15) is 4.98 Å². The van der Waals surface area contributed by atoms with Crippen molar-refractivity contribution in [2.75, 3.05) is 12.4 Å². The summed E-state index contributed by atoms with van der Waals surface area (Å²) in [6.07, 6.45) is 0. The van der Waals surface area contributed by atoms with Crippen LogP contribution >= 0.6 is 0 Å². The largest absolute Gasteiger partial charge is 0.466 e. The Morgan fingerprint density at radius 3 is 2.90 bits per heavy atom. The Hall–Kier alpha value is -3.04. The Kier molecular flexibility index (Phi) is 3.55. The first-order valence-electron chi connectivity index (χ1n) is 5.23. The van der Waals surface area contributed by atoms with Gasteiger partial charge in [-0.1, -0.05) is 0 Å². The van der Waals surface area contributed by atoms with Crippen molar-refractivity contribution < 1.29 is 18.8 Å². The van der Waals surface area contributed by atoms with E-state index < -0.39 is 27.9 Å². The van der Waals surface area contributed by atoms with E-state index in [0.717, 1.165) is 18.2 Å². The number of halogens is 1. The zero-order chi connectivity index (χ0) is 14.7. The zero-order valence-corrected chi connectivity index (χ0v) is 10.1. The number of carbonyl (C=O) groups excluding carboxylic acids is 1. The molecule has 0 radical (unpaired) electrons. The summed E-state index contributed by atoms with van der Waals surface area (Å²) in [5.41, 5.74) is -0.874. The smallest absolute Gasteiger partial charge is 0.336 e. The Balaban J connectivity index is 2.24. The van der Waals surface area contributed by atoms with Gasteiger partial charge in [0.25, 0.3) is 11.6 Å². The molecule has 104 valence electrons. The van der Waals surface area contributed by atoms with Gasteiger partial charge in [0.1, 0.15) is 5.82 Å². The molecule has 2 aromatic rings. The highest BCUT2D eigenvalue weighted by molar-refractivity contribution is 6.03. The molecule has 0 bridgehead atoms. The lowest BCUT2D eigenvalue weighted by Crippen LogP contribution is -2.15. The van der Waals surface area contributed by atoms with Gasteiger partial charge in [0.2, 0.25) is 5.95 Å². The maximum absolute atomic E-state index is 13.5. The minimum absolute atomic E-state index is 0.0141. The molecule has 0 fully saturated rings. The molecule has 0 aliphatic rings. The van der Waals surface area contributed by atoms with Gasteiger partial charge in [-0.15, -0.1) is 5.10 Å². The summed E-state index contributed by atoms with van der Waals surface area (Å²) < 4.78 is 18.2. The number of methoxy groups -OCH3 is 1. The van der Waals surface area contributed by atoms with E-state index in [1.165, 1.54) is 7.11 Å². The summed E-state index contributed by atoms with van der Waals surface area (Å²) in [5, 5.41) is 18.7. The van der Waals surface area contributed by atoms with E-state index in [-0.39, 0.29) is 12.0 Å². The number of hydrogen-bond acceptors (Lipinski definition) is 6. The molecule has 0 saturated carbocycles. The van der Waals surface area contributed by atoms with Crippen molar-refractivity contribution in [3.63, 3.8) is 0 Å². The highest BCUT2D eigenvalue weighted by atomic mass is 19.1. The van der Waals surface area contributed by atoms with Crippen molar-refractivity contribution in [3.8, 4) is 6.01 Å². The molecule has 2 N–H and O–H groups in total. The van der Waals surface area contributed by atoms with E-state index in [1.54, 1.807) is 0 Å². The molecular formula is C10H8FN5O4. The molecule has 9 nitrogen and oxygen atoms in total. The number of nitro groups is 1. The third-order valence-electron chi connectivity index (χ3n) is 2.28. The van der Waals surface area contributed by atoms with Crippen molar-refractivity contribution in [2.24, 2.45) is 0 Å². The zero-order valence-electron chi connectivity index (χ0n) is 10.1. The molecule has 0 aliphatic carbocycles. The molecule has 1 heterocycles. The lowest BCUT2D eigenvalue weighted by Gasteiger charge is -2.02. The van der Waals surface area contributed by atoms with Gasteiger partial charge in [0, 0.05) is 12.1 Å². The van der Waals surface area contributed by atoms with Crippen molar-refractivity contribution in [1.29, 1.82) is 0 Å². The van der Waals surface area contributed by atoms with Gasteiger partial charge in [0.15, 0.2) is 0 Å². The van der Waals surface area contributed by atoms with E-state index in [1.807, 2.05) is 0 Å². The highest BCUT2D eigenvalue weighted by Crippen LogP contribution is 2.18. The molecule has 2 rings (SSSR count). The minimum atomic E-state index is -0.898. The number of ether oxygens (including phenoxy) is 1. The third-order valence-corrected chi connectivity index (χ3v) is 2.28. The molecular weight excluding hydrogens is 273 g/mol. The molecule has 1 aromatic heterocycles. The predicted molar refractivity (Wildman–Crippen MR) is 63.9 cm³/mol. The van der Waals surface area contributed by atoms with Crippen LogP contribution in [-0.2, 0) is 0 Å². The minimum Gasteiger partial charge on any atom is -0.466 e. The van der Waals surface area contributed by atoms with Crippen LogP contribution in [0.15, 0.2) is 18.2 Å². The number of carbonyl (C=O) groups is 1. The first-order valence-corrected chi connectivity index (χ1v) is 5.23. The van der Waals surface area contributed by atoms with E-state index in [0.29, 0.717) is 0 Å². The fourth-order valence-corrected chi connectivity index (χ4v) is 1.37. The normalized spacial score (nSPS) is 10.1. The summed E-state index contributed by atoms with van der Waals surface area (Å²) in [6.45, 7) is 0. The average Bonchev–Trinajstić information content (AvgIpc) is 2.86. The number of anilines is 1. The lowest BCUT2D eigenvalue weighted by molar-refractivity contribution is -0.384. The molecule has 1 aromatic carbocycles. The number of amides is 1. The van der Waals surface area contributed by atoms with Crippen LogP contribution in [0.4, 0.5) is 16.0 Å². The molecule has 0 aliphatic heterocycles. The average molecular weight is 281 g/mol. The number of nitrogens with zero attached hydrogens (tertiary/aromatic N) is 3. The number of H-pyrrole nitrogens is 1. The number of hydrogen-bond donors (Lipinski definition) is 2. The molecule has 20 heavy (non-hydrogen) atoms. The number of rotatable bonds is 4. The van der Waals surface area contributed by atoms with Crippen molar-refractivity contribution in [2.45, 2.75) is 0 Å². The van der Waals surface area contributed by atoms with Crippen LogP contribution in [0.5, 0.6) is 6.01 Å². The molecule has 0 saturated heterocycles. The van der Waals surface area contributed by atoms with E-state index in [2.05, 4.69) is 25.2 Å². The van der Waals surface area contributed by atoms with Crippen molar-refractivity contribution in [3.05, 3.63) is 39.7 Å². The molecule has 0 spiro atoms. The Bertz CT molecular complexity index is 671. The van der Waals surface area contributed by atoms with Crippen LogP contribution in [0.3, 0.4) is 0 Å². The summed E-state index contributed by atoms with van der Waals surface area (Å²) in [6, 6.07) is 2.62. The van der Waals surface area contributed by atoms with Crippen LogP contribution in [-0.4, -0.2) is 33.1 Å². The van der Waals surface area contributed by atoms with Gasteiger partial charge < -0.3 is 4.74 Å². The van der Waals surface area contributed by atoms with Crippen LogP contribution in [0, 0.1) is 15.9 Å². The van der Waals surface area contributed by atoms with Crippen LogP contribution in [0.1, 0.15) is 10.4 Å².